The number of allylic oxidation sites excluding steroid dienone is 1. The van der Waals surface area contributed by atoms with E-state index in [2.05, 4.69) is 19.7 Å². The van der Waals surface area contributed by atoms with Crippen LogP contribution in [0.5, 0.6) is 0 Å². The van der Waals surface area contributed by atoms with Crippen molar-refractivity contribution in [2.45, 2.75) is 31.5 Å². The molecule has 0 aromatic carbocycles. The van der Waals surface area contributed by atoms with E-state index in [1.807, 2.05) is 6.08 Å². The van der Waals surface area contributed by atoms with Crippen LogP contribution in [0.25, 0.3) is 0 Å². The zero-order valence-corrected chi connectivity index (χ0v) is 15.1. The van der Waals surface area contributed by atoms with E-state index in [1.165, 1.54) is 0 Å². The third-order valence-electron chi connectivity index (χ3n) is 5.45. The van der Waals surface area contributed by atoms with E-state index in [1.54, 1.807) is 0 Å². The normalized spacial score (nSPS) is 28.6. The minimum Gasteiger partial charge on any atom is -0.478 e. The van der Waals surface area contributed by atoms with E-state index in [9.17, 15) is 24.9 Å². The molecule has 2 aliphatic rings. The number of esters is 1. The summed E-state index contributed by atoms with van der Waals surface area (Å²) in [5.41, 5.74) is 1.26. The van der Waals surface area contributed by atoms with Crippen molar-refractivity contribution in [3.05, 3.63) is 48.1 Å². The molecule has 0 bridgehead atoms. The first-order chi connectivity index (χ1) is 12.7. The van der Waals surface area contributed by atoms with Gasteiger partial charge in [0.1, 0.15) is 12.2 Å². The molecule has 0 aromatic heterocycles. The predicted octanol–water partition coefficient (Wildman–Crippen LogP) is 0.969. The van der Waals surface area contributed by atoms with Gasteiger partial charge in [0.2, 0.25) is 0 Å². The van der Waals surface area contributed by atoms with E-state index < -0.39 is 36.7 Å². The number of rotatable bonds is 7. The van der Waals surface area contributed by atoms with Crippen LogP contribution in [-0.2, 0) is 14.3 Å². The number of fused-ring (bicyclic) bond motifs is 1. The molecule has 0 spiro atoms. The molecule has 0 unspecified atom stereocenters. The van der Waals surface area contributed by atoms with Gasteiger partial charge in [0.15, 0.2) is 0 Å². The number of aliphatic carboxylic acids is 1. The molecule has 148 valence electrons. The quantitative estimate of drug-likeness (QED) is 0.296. The summed E-state index contributed by atoms with van der Waals surface area (Å²) in [4.78, 5) is 23.9. The Bertz CT molecular complexity index is 690. The third-order valence-corrected chi connectivity index (χ3v) is 5.45. The van der Waals surface area contributed by atoms with Gasteiger partial charge in [0, 0.05) is 17.9 Å². The highest BCUT2D eigenvalue weighted by Gasteiger charge is 2.46. The molecular formula is C20H26O7. The largest absolute Gasteiger partial charge is 0.478 e. The summed E-state index contributed by atoms with van der Waals surface area (Å²) >= 11 is 0. The van der Waals surface area contributed by atoms with E-state index >= 15 is 0 Å². The lowest BCUT2D eigenvalue weighted by Gasteiger charge is -2.45. The van der Waals surface area contributed by atoms with Crippen LogP contribution in [0.3, 0.4) is 0 Å². The molecule has 4 N–H and O–H groups in total. The minimum absolute atomic E-state index is 0.0163. The van der Waals surface area contributed by atoms with Gasteiger partial charge in [-0.15, -0.1) is 0 Å². The van der Waals surface area contributed by atoms with Crippen molar-refractivity contribution in [1.82, 2.24) is 0 Å². The van der Waals surface area contributed by atoms with Crippen LogP contribution in [0.15, 0.2) is 48.1 Å². The summed E-state index contributed by atoms with van der Waals surface area (Å²) in [5.74, 6) is -3.07. The monoisotopic (exact) mass is 378 g/mol. The molecule has 0 radical (unpaired) electrons. The van der Waals surface area contributed by atoms with Crippen LogP contribution in [0, 0.1) is 17.8 Å². The molecule has 0 aromatic rings. The lowest BCUT2D eigenvalue weighted by atomic mass is 9.62. The van der Waals surface area contributed by atoms with Crippen molar-refractivity contribution in [2.24, 2.45) is 17.8 Å². The lowest BCUT2D eigenvalue weighted by Crippen LogP contribution is -2.44. The summed E-state index contributed by atoms with van der Waals surface area (Å²) < 4.78 is 5.46. The standard InChI is InChI=1S/C20H26O7/c1-10-6-17(27-20(26)11(2)16(23)9-22)18(12(3)19(24)25)15-7-13(8-21)4-5-14(10)15/h7,14-18,21-23H,1-6,8-9H2,(H,24,25)/t14-,15+,16-,17-,18-/m1/s1. The topological polar surface area (TPSA) is 124 Å². The van der Waals surface area contributed by atoms with Crippen LogP contribution >= 0.6 is 0 Å². The molecule has 0 amide bonds. The number of carboxylic acid groups (broad SMARTS) is 1. The molecule has 27 heavy (non-hydrogen) atoms. The van der Waals surface area contributed by atoms with Crippen molar-refractivity contribution in [1.29, 1.82) is 0 Å². The summed E-state index contributed by atoms with van der Waals surface area (Å²) in [6.45, 7) is 10.4. The highest BCUT2D eigenvalue weighted by molar-refractivity contribution is 5.89. The zero-order valence-electron chi connectivity index (χ0n) is 15.1. The van der Waals surface area contributed by atoms with E-state index in [0.717, 1.165) is 17.6 Å². The Labute approximate surface area is 158 Å². The molecule has 1 saturated carbocycles. The summed E-state index contributed by atoms with van der Waals surface area (Å²) in [7, 11) is 0. The summed E-state index contributed by atoms with van der Waals surface area (Å²) in [5, 5.41) is 37.5. The predicted molar refractivity (Wildman–Crippen MR) is 97.5 cm³/mol. The minimum atomic E-state index is -1.45. The highest BCUT2D eigenvalue weighted by Crippen LogP contribution is 2.48. The maximum atomic E-state index is 12.3. The molecule has 0 saturated heterocycles. The molecule has 0 aliphatic heterocycles. The Kier molecular flexibility index (Phi) is 6.75. The van der Waals surface area contributed by atoms with Crippen molar-refractivity contribution in [2.75, 3.05) is 13.2 Å². The van der Waals surface area contributed by atoms with Gasteiger partial charge in [-0.25, -0.2) is 9.59 Å². The summed E-state index contributed by atoms with van der Waals surface area (Å²) in [6.07, 6.45) is 1.26. The van der Waals surface area contributed by atoms with Crippen LogP contribution in [-0.4, -0.2) is 57.8 Å². The third kappa shape index (κ3) is 4.37. The van der Waals surface area contributed by atoms with Gasteiger partial charge in [-0.2, -0.15) is 0 Å². The van der Waals surface area contributed by atoms with Crippen LogP contribution in [0.1, 0.15) is 19.3 Å². The number of ether oxygens (including phenoxy) is 1. The zero-order chi connectivity index (χ0) is 20.3. The Morgan fingerprint density at radius 2 is 1.96 bits per heavy atom. The Hall–Kier alpha value is -2.22. The second kappa shape index (κ2) is 8.65. The van der Waals surface area contributed by atoms with Gasteiger partial charge in [-0.3, -0.25) is 0 Å². The first kappa shape index (κ1) is 21.1. The fraction of sp³-hybridized carbons (Fsp3) is 0.500. The fourth-order valence-corrected chi connectivity index (χ4v) is 3.93. The number of hydrogen-bond donors (Lipinski definition) is 4. The van der Waals surface area contributed by atoms with Crippen molar-refractivity contribution < 1.29 is 34.8 Å². The van der Waals surface area contributed by atoms with Gasteiger partial charge in [-0.05, 0) is 30.3 Å². The number of aliphatic hydroxyl groups excluding tert-OH is 3. The molecule has 2 aliphatic carbocycles. The van der Waals surface area contributed by atoms with E-state index in [4.69, 9.17) is 9.84 Å². The number of carbonyl (C=O) groups is 2. The van der Waals surface area contributed by atoms with Gasteiger partial charge < -0.3 is 25.2 Å². The number of aliphatic hydroxyl groups is 3. The van der Waals surface area contributed by atoms with E-state index in [0.29, 0.717) is 6.42 Å². The van der Waals surface area contributed by atoms with Gasteiger partial charge in [0.05, 0.1) is 18.8 Å². The molecule has 0 heterocycles. The number of hydrogen-bond acceptors (Lipinski definition) is 6. The first-order valence-corrected chi connectivity index (χ1v) is 8.80. The second-order valence-electron chi connectivity index (χ2n) is 7.09. The second-order valence-corrected chi connectivity index (χ2v) is 7.09. The lowest BCUT2D eigenvalue weighted by molar-refractivity contribution is -0.151. The van der Waals surface area contributed by atoms with Crippen LogP contribution < -0.4 is 0 Å². The Balaban J connectivity index is 2.35. The molecule has 7 heteroatoms. The molecule has 5 atom stereocenters. The average molecular weight is 378 g/mol. The smallest absolute Gasteiger partial charge is 0.336 e. The molecule has 1 fully saturated rings. The van der Waals surface area contributed by atoms with Gasteiger partial charge >= 0.3 is 11.9 Å². The van der Waals surface area contributed by atoms with Crippen molar-refractivity contribution in [3.8, 4) is 0 Å². The van der Waals surface area contributed by atoms with Crippen molar-refractivity contribution >= 4 is 11.9 Å². The number of carbonyl (C=O) groups excluding carboxylic acids is 1. The van der Waals surface area contributed by atoms with Gasteiger partial charge in [-0.1, -0.05) is 31.4 Å². The van der Waals surface area contributed by atoms with Gasteiger partial charge in [0.25, 0.3) is 0 Å². The molecule has 2 rings (SSSR count). The SMILES string of the molecule is C=C(C(=O)O)[C@@H]1[C@H]2C=C(CO)CC[C@@H]2C(=C)C[C@H]1OC(=O)C(=C)[C@H](O)CO. The molecular weight excluding hydrogens is 352 g/mol. The Morgan fingerprint density at radius 1 is 1.30 bits per heavy atom. The first-order valence-electron chi connectivity index (χ1n) is 8.80. The van der Waals surface area contributed by atoms with Crippen molar-refractivity contribution in [3.63, 3.8) is 0 Å². The summed E-state index contributed by atoms with van der Waals surface area (Å²) in [6, 6.07) is 0. The van der Waals surface area contributed by atoms with E-state index in [-0.39, 0.29) is 36.0 Å². The maximum Gasteiger partial charge on any atom is 0.336 e. The Morgan fingerprint density at radius 3 is 2.52 bits per heavy atom. The maximum absolute atomic E-state index is 12.3. The number of carboxylic acids is 1. The van der Waals surface area contributed by atoms with Crippen LogP contribution in [0.2, 0.25) is 0 Å². The highest BCUT2D eigenvalue weighted by atomic mass is 16.5. The van der Waals surface area contributed by atoms with Crippen LogP contribution in [0.4, 0.5) is 0 Å². The fourth-order valence-electron chi connectivity index (χ4n) is 3.93. The average Bonchev–Trinajstić information content (AvgIpc) is 2.65. The molecule has 7 nitrogen and oxygen atoms in total.